The van der Waals surface area contributed by atoms with Gasteiger partial charge in [-0.1, -0.05) is 17.7 Å². The fourth-order valence-corrected chi connectivity index (χ4v) is 1.01. The molecule has 1 aromatic rings. The van der Waals surface area contributed by atoms with Crippen molar-refractivity contribution in [3.8, 4) is 0 Å². The van der Waals surface area contributed by atoms with Crippen LogP contribution in [-0.2, 0) is 6.54 Å². The minimum Gasteiger partial charge on any atom is -0.307 e. The van der Waals surface area contributed by atoms with Crippen LogP contribution in [0.5, 0.6) is 0 Å². The molecule has 0 bridgehead atoms. The van der Waals surface area contributed by atoms with Crippen molar-refractivity contribution in [2.75, 3.05) is 6.54 Å². The van der Waals surface area contributed by atoms with E-state index < -0.39 is 0 Å². The number of aromatic nitrogens is 1. The second kappa shape index (κ2) is 5.73. The highest BCUT2D eigenvalue weighted by Gasteiger charge is 1.92. The molecule has 1 N–H and O–H groups in total. The highest BCUT2D eigenvalue weighted by Crippen LogP contribution is 1.95. The third-order valence-corrected chi connectivity index (χ3v) is 1.99. The van der Waals surface area contributed by atoms with Gasteiger partial charge >= 0.3 is 0 Å². The third-order valence-electron chi connectivity index (χ3n) is 1.62. The second-order valence-corrected chi connectivity index (χ2v) is 3.10. The monoisotopic (exact) mass is 196 g/mol. The van der Waals surface area contributed by atoms with Crippen molar-refractivity contribution in [1.29, 1.82) is 0 Å². The minimum atomic E-state index is 0.781. The zero-order valence-electron chi connectivity index (χ0n) is 7.63. The average molecular weight is 197 g/mol. The second-order valence-electron chi connectivity index (χ2n) is 2.88. The molecule has 0 aliphatic heterocycles. The maximum absolute atomic E-state index is 5.52. The van der Waals surface area contributed by atoms with Gasteiger partial charge in [0.25, 0.3) is 0 Å². The van der Waals surface area contributed by atoms with Crippen molar-refractivity contribution in [3.05, 3.63) is 41.2 Å². The van der Waals surface area contributed by atoms with Crippen LogP contribution in [0.15, 0.2) is 35.5 Å². The van der Waals surface area contributed by atoms with E-state index in [0.29, 0.717) is 0 Å². The number of nitrogens with one attached hydrogen (secondary N) is 1. The first-order valence-electron chi connectivity index (χ1n) is 4.19. The summed E-state index contributed by atoms with van der Waals surface area (Å²) in [5, 5.41) is 3.24. The molecule has 3 heteroatoms. The Morgan fingerprint density at radius 3 is 3.08 bits per heavy atom. The molecule has 1 rings (SSSR count). The highest BCUT2D eigenvalue weighted by atomic mass is 35.5. The summed E-state index contributed by atoms with van der Waals surface area (Å²) >= 11 is 5.52. The van der Waals surface area contributed by atoms with Crippen molar-refractivity contribution in [1.82, 2.24) is 10.3 Å². The van der Waals surface area contributed by atoms with E-state index in [1.807, 2.05) is 25.1 Å². The Morgan fingerprint density at radius 1 is 1.62 bits per heavy atom. The average Bonchev–Trinajstić information content (AvgIpc) is 2.19. The van der Waals surface area contributed by atoms with Gasteiger partial charge in [0.1, 0.15) is 0 Å². The van der Waals surface area contributed by atoms with E-state index in [1.54, 1.807) is 11.7 Å². The predicted octanol–water partition coefficient (Wildman–Crippen LogP) is 2.31. The van der Waals surface area contributed by atoms with Gasteiger partial charge in [-0.25, -0.2) is 0 Å². The Balaban J connectivity index is 2.28. The van der Waals surface area contributed by atoms with Crippen LogP contribution >= 0.6 is 11.6 Å². The number of rotatable bonds is 4. The van der Waals surface area contributed by atoms with E-state index in [0.717, 1.165) is 24.4 Å². The molecule has 0 unspecified atom stereocenters. The van der Waals surface area contributed by atoms with Crippen LogP contribution in [0.1, 0.15) is 12.6 Å². The summed E-state index contributed by atoms with van der Waals surface area (Å²) in [6.45, 7) is 3.57. The lowest BCUT2D eigenvalue weighted by molar-refractivity contribution is 0.723. The molecule has 0 atom stereocenters. The molecule has 0 fully saturated rings. The highest BCUT2D eigenvalue weighted by molar-refractivity contribution is 6.25. The third kappa shape index (κ3) is 4.06. The maximum atomic E-state index is 5.52. The van der Waals surface area contributed by atoms with Crippen LogP contribution in [0.3, 0.4) is 0 Å². The Morgan fingerprint density at radius 2 is 2.46 bits per heavy atom. The summed E-state index contributed by atoms with van der Waals surface area (Å²) in [5.74, 6) is 0. The summed E-state index contributed by atoms with van der Waals surface area (Å²) < 4.78 is 0. The normalized spacial score (nSPS) is 11.7. The Bertz CT molecular complexity index is 270. The van der Waals surface area contributed by atoms with E-state index in [2.05, 4.69) is 10.3 Å². The van der Waals surface area contributed by atoms with Crippen molar-refractivity contribution in [3.63, 3.8) is 0 Å². The van der Waals surface area contributed by atoms with Crippen LogP contribution in [0, 0.1) is 0 Å². The SMILES string of the molecule is C/C(=C/Cl)CNCc1ccccn1. The Labute approximate surface area is 83.6 Å². The number of halogens is 1. The molecule has 0 aliphatic rings. The summed E-state index contributed by atoms with van der Waals surface area (Å²) in [6, 6.07) is 5.88. The molecule has 0 aliphatic carbocycles. The van der Waals surface area contributed by atoms with E-state index in [4.69, 9.17) is 11.6 Å². The summed E-state index contributed by atoms with van der Waals surface area (Å²) in [6.07, 6.45) is 1.79. The quantitative estimate of drug-likeness (QED) is 0.800. The molecule has 0 saturated heterocycles. The molecule has 1 heterocycles. The van der Waals surface area contributed by atoms with Crippen molar-refractivity contribution >= 4 is 11.6 Å². The lowest BCUT2D eigenvalue weighted by Crippen LogP contribution is -2.16. The summed E-state index contributed by atoms with van der Waals surface area (Å²) in [4.78, 5) is 4.19. The number of pyridine rings is 1. The molecule has 13 heavy (non-hydrogen) atoms. The van der Waals surface area contributed by atoms with E-state index in [-0.39, 0.29) is 0 Å². The molecule has 0 spiro atoms. The van der Waals surface area contributed by atoms with Gasteiger partial charge < -0.3 is 5.32 Å². The van der Waals surface area contributed by atoms with Gasteiger partial charge in [-0.2, -0.15) is 0 Å². The predicted molar refractivity (Wildman–Crippen MR) is 55.6 cm³/mol. The van der Waals surface area contributed by atoms with Gasteiger partial charge in [-0.05, 0) is 24.6 Å². The van der Waals surface area contributed by atoms with Crippen molar-refractivity contribution < 1.29 is 0 Å². The van der Waals surface area contributed by atoms with Crippen LogP contribution in [-0.4, -0.2) is 11.5 Å². The van der Waals surface area contributed by atoms with Gasteiger partial charge in [0.05, 0.1) is 5.69 Å². The molecule has 0 aromatic carbocycles. The molecular weight excluding hydrogens is 184 g/mol. The zero-order chi connectivity index (χ0) is 9.52. The van der Waals surface area contributed by atoms with Gasteiger partial charge in [0.2, 0.25) is 0 Å². The number of nitrogens with zero attached hydrogens (tertiary/aromatic N) is 1. The molecule has 0 amide bonds. The Kier molecular flexibility index (Phi) is 4.50. The van der Waals surface area contributed by atoms with E-state index >= 15 is 0 Å². The van der Waals surface area contributed by atoms with Gasteiger partial charge in [-0.3, -0.25) is 4.98 Å². The van der Waals surface area contributed by atoms with Gasteiger partial charge in [0.15, 0.2) is 0 Å². The largest absolute Gasteiger partial charge is 0.307 e. The van der Waals surface area contributed by atoms with Crippen molar-refractivity contribution in [2.24, 2.45) is 0 Å². The molecule has 0 saturated carbocycles. The van der Waals surface area contributed by atoms with Crippen molar-refractivity contribution in [2.45, 2.75) is 13.5 Å². The standard InChI is InChI=1S/C10H13ClN2/c1-9(6-11)7-12-8-10-4-2-3-5-13-10/h2-6,12H,7-8H2,1H3/b9-6-. The fourth-order valence-electron chi connectivity index (χ4n) is 0.929. The van der Waals surface area contributed by atoms with Crippen LogP contribution in [0.25, 0.3) is 0 Å². The number of hydrogen-bond acceptors (Lipinski definition) is 2. The minimum absolute atomic E-state index is 0.781. The summed E-state index contributed by atoms with van der Waals surface area (Å²) in [5.41, 5.74) is 3.76. The first kappa shape index (κ1) is 10.2. The Hall–Kier alpha value is -0.860. The van der Waals surface area contributed by atoms with Gasteiger partial charge in [0, 0.05) is 24.8 Å². The molecule has 1 aromatic heterocycles. The van der Waals surface area contributed by atoms with Crippen LogP contribution in [0.2, 0.25) is 0 Å². The topological polar surface area (TPSA) is 24.9 Å². The fraction of sp³-hybridized carbons (Fsp3) is 0.300. The molecular formula is C10H13ClN2. The lowest BCUT2D eigenvalue weighted by Gasteiger charge is -2.02. The van der Waals surface area contributed by atoms with Crippen LogP contribution < -0.4 is 5.32 Å². The van der Waals surface area contributed by atoms with Gasteiger partial charge in [-0.15, -0.1) is 0 Å². The smallest absolute Gasteiger partial charge is 0.0541 e. The lowest BCUT2D eigenvalue weighted by atomic mass is 10.3. The van der Waals surface area contributed by atoms with Crippen LogP contribution in [0.4, 0.5) is 0 Å². The molecule has 0 radical (unpaired) electrons. The first-order valence-corrected chi connectivity index (χ1v) is 4.63. The molecule has 2 nitrogen and oxygen atoms in total. The van der Waals surface area contributed by atoms with E-state index in [9.17, 15) is 0 Å². The first-order chi connectivity index (χ1) is 6.33. The number of hydrogen-bond donors (Lipinski definition) is 1. The maximum Gasteiger partial charge on any atom is 0.0541 e. The van der Waals surface area contributed by atoms with E-state index in [1.165, 1.54) is 0 Å². The zero-order valence-corrected chi connectivity index (χ0v) is 8.38. The molecule has 70 valence electrons. The summed E-state index contributed by atoms with van der Waals surface area (Å²) in [7, 11) is 0.